The van der Waals surface area contributed by atoms with Crippen LogP contribution < -0.4 is 10.8 Å². The van der Waals surface area contributed by atoms with Crippen LogP contribution in [-0.4, -0.2) is 28.3 Å². The summed E-state index contributed by atoms with van der Waals surface area (Å²) in [5, 5.41) is 10.4. The first-order valence-electron chi connectivity index (χ1n) is 4.42. The van der Waals surface area contributed by atoms with Gasteiger partial charge >= 0.3 is 0 Å². The maximum absolute atomic E-state index is 10.9. The lowest BCUT2D eigenvalue weighted by Crippen LogP contribution is -2.69. The molecule has 4 nitrogen and oxygen atoms in total. The molecule has 3 N–H and O–H groups in total. The van der Waals surface area contributed by atoms with E-state index < -0.39 is 12.0 Å². The Bertz CT molecular complexity index is 228. The zero-order chi connectivity index (χ0) is 11.4. The highest BCUT2D eigenvalue weighted by Crippen LogP contribution is 2.28. The van der Waals surface area contributed by atoms with Crippen molar-refractivity contribution in [3.8, 4) is 0 Å². The molecule has 14 heavy (non-hydrogen) atoms. The lowest BCUT2D eigenvalue weighted by atomic mass is 10.1. The summed E-state index contributed by atoms with van der Waals surface area (Å²) in [6.45, 7) is 5.37. The smallest absolute Gasteiger partial charge is 0.134 e. The van der Waals surface area contributed by atoms with E-state index in [0.29, 0.717) is 12.2 Å². The summed E-state index contributed by atoms with van der Waals surface area (Å²) in [5.41, 5.74) is 3.45. The number of carboxylic acids is 1. The summed E-state index contributed by atoms with van der Waals surface area (Å²) < 4.78 is -0.225. The molecule has 0 heterocycles. The molecule has 0 amide bonds. The quantitative estimate of drug-likeness (QED) is 0.610. The van der Waals surface area contributed by atoms with E-state index in [4.69, 9.17) is 0 Å². The second kappa shape index (κ2) is 5.36. The van der Waals surface area contributed by atoms with Gasteiger partial charge in [0.1, 0.15) is 11.8 Å². The highest BCUT2D eigenvalue weighted by Gasteiger charge is 2.22. The van der Waals surface area contributed by atoms with E-state index in [2.05, 4.69) is 5.73 Å². The van der Waals surface area contributed by atoms with Crippen LogP contribution in [0.5, 0.6) is 0 Å². The Kier molecular flexibility index (Phi) is 5.15. The highest BCUT2D eigenvalue weighted by atomic mass is 32.2. The van der Waals surface area contributed by atoms with Gasteiger partial charge in [0, 0.05) is 11.2 Å². The van der Waals surface area contributed by atoms with Crippen molar-refractivity contribution in [3.63, 3.8) is 0 Å². The number of Topliss-reactive ketones (excluding diaryl/α,β-unsaturated/α-hetero) is 1. The predicted molar refractivity (Wildman–Crippen MR) is 53.5 cm³/mol. The molecule has 0 saturated carbocycles. The highest BCUT2D eigenvalue weighted by molar-refractivity contribution is 8.00. The second-order valence-electron chi connectivity index (χ2n) is 3.97. The van der Waals surface area contributed by atoms with Crippen LogP contribution in [0.4, 0.5) is 0 Å². The molecule has 0 aliphatic heterocycles. The van der Waals surface area contributed by atoms with Gasteiger partial charge in [-0.2, -0.15) is 0 Å². The number of carbonyl (C=O) groups excluding carboxylic acids is 2. The molecule has 1 atom stereocenters. The molecule has 5 heteroatoms. The van der Waals surface area contributed by atoms with E-state index >= 15 is 0 Å². The maximum atomic E-state index is 10.9. The first-order chi connectivity index (χ1) is 6.24. The summed E-state index contributed by atoms with van der Waals surface area (Å²) in [4.78, 5) is 21.3. The molecule has 0 unspecified atom stereocenters. The van der Waals surface area contributed by atoms with Crippen LogP contribution in [0.25, 0.3) is 0 Å². The SMILES string of the molecule is CC(=O)CC(C)(C)SC[C@H]([NH3+])C(=O)[O-]. The average molecular weight is 219 g/mol. The van der Waals surface area contributed by atoms with Crippen LogP contribution in [0.2, 0.25) is 0 Å². The Morgan fingerprint density at radius 3 is 2.36 bits per heavy atom. The number of rotatable bonds is 6. The first-order valence-corrected chi connectivity index (χ1v) is 5.40. The van der Waals surface area contributed by atoms with E-state index in [0.717, 1.165) is 0 Å². The van der Waals surface area contributed by atoms with Gasteiger partial charge in [-0.3, -0.25) is 4.79 Å². The molecule has 0 spiro atoms. The van der Waals surface area contributed by atoms with Crippen LogP contribution >= 0.6 is 11.8 Å². The number of carbonyl (C=O) groups is 2. The lowest BCUT2D eigenvalue weighted by molar-refractivity contribution is -0.431. The summed E-state index contributed by atoms with van der Waals surface area (Å²) in [6, 6.07) is -0.716. The van der Waals surface area contributed by atoms with Gasteiger partial charge in [0.2, 0.25) is 0 Å². The van der Waals surface area contributed by atoms with E-state index in [-0.39, 0.29) is 10.5 Å². The first kappa shape index (κ1) is 13.4. The number of carboxylic acid groups (broad SMARTS) is 1. The van der Waals surface area contributed by atoms with Gasteiger partial charge in [-0.15, -0.1) is 11.8 Å². The van der Waals surface area contributed by atoms with E-state index in [1.165, 1.54) is 18.7 Å². The minimum absolute atomic E-state index is 0.108. The van der Waals surface area contributed by atoms with Gasteiger partial charge in [-0.1, -0.05) is 13.8 Å². The standard InChI is InChI=1S/C9H17NO3S/c1-6(11)4-9(2,3)14-5-7(10)8(12)13/h7H,4-5,10H2,1-3H3,(H,12,13)/t7-/m0/s1. The van der Waals surface area contributed by atoms with Crippen molar-refractivity contribution in [2.24, 2.45) is 0 Å². The normalized spacial score (nSPS) is 13.7. The van der Waals surface area contributed by atoms with Crippen LogP contribution in [0.15, 0.2) is 0 Å². The average Bonchev–Trinajstić information content (AvgIpc) is 1.97. The molecule has 0 aliphatic carbocycles. The van der Waals surface area contributed by atoms with Crippen molar-refractivity contribution < 1.29 is 20.4 Å². The third kappa shape index (κ3) is 5.99. The van der Waals surface area contributed by atoms with Gasteiger partial charge in [0.05, 0.1) is 11.7 Å². The maximum Gasteiger partial charge on any atom is 0.134 e. The topological polar surface area (TPSA) is 84.8 Å². The third-order valence-corrected chi connectivity index (χ3v) is 3.18. The van der Waals surface area contributed by atoms with Crippen LogP contribution in [0.3, 0.4) is 0 Å². The number of thioether (sulfide) groups is 1. The van der Waals surface area contributed by atoms with Crippen molar-refractivity contribution in [2.45, 2.75) is 38.0 Å². The van der Waals surface area contributed by atoms with E-state index in [9.17, 15) is 14.7 Å². The summed E-state index contributed by atoms with van der Waals surface area (Å²) in [5.74, 6) is -0.657. The predicted octanol–water partition coefficient (Wildman–Crippen LogP) is -1.16. The fraction of sp³-hybridized carbons (Fsp3) is 0.778. The molecule has 0 bridgehead atoms. The Balaban J connectivity index is 3.98. The van der Waals surface area contributed by atoms with Crippen molar-refractivity contribution >= 4 is 23.5 Å². The van der Waals surface area contributed by atoms with Gasteiger partial charge in [0.25, 0.3) is 0 Å². The van der Waals surface area contributed by atoms with Gasteiger partial charge < -0.3 is 15.6 Å². The molecule has 0 aromatic carbocycles. The minimum atomic E-state index is -1.14. The number of hydrogen-bond acceptors (Lipinski definition) is 4. The Morgan fingerprint density at radius 2 is 2.00 bits per heavy atom. The zero-order valence-electron chi connectivity index (χ0n) is 8.83. The zero-order valence-corrected chi connectivity index (χ0v) is 9.65. The van der Waals surface area contributed by atoms with Crippen LogP contribution in [-0.2, 0) is 9.59 Å². The largest absolute Gasteiger partial charge is 0.544 e. The Hall–Kier alpha value is -0.550. The third-order valence-electron chi connectivity index (χ3n) is 1.68. The number of aliphatic carboxylic acids is 1. The molecular weight excluding hydrogens is 202 g/mol. The molecule has 82 valence electrons. The number of quaternary nitrogens is 1. The molecule has 0 saturated heterocycles. The van der Waals surface area contributed by atoms with Crippen molar-refractivity contribution in [3.05, 3.63) is 0 Å². The molecule has 0 radical (unpaired) electrons. The lowest BCUT2D eigenvalue weighted by Gasteiger charge is -2.23. The fourth-order valence-corrected chi connectivity index (χ4v) is 2.14. The van der Waals surface area contributed by atoms with Gasteiger partial charge in [-0.25, -0.2) is 0 Å². The molecule has 0 aliphatic rings. The molecule has 0 rings (SSSR count). The van der Waals surface area contributed by atoms with Crippen molar-refractivity contribution in [2.75, 3.05) is 5.75 Å². The molecule has 0 aromatic rings. The minimum Gasteiger partial charge on any atom is -0.544 e. The number of ketones is 1. The van der Waals surface area contributed by atoms with Crippen LogP contribution in [0.1, 0.15) is 27.2 Å². The number of hydrogen-bond donors (Lipinski definition) is 1. The van der Waals surface area contributed by atoms with E-state index in [1.54, 1.807) is 0 Å². The molecular formula is C9H17NO3S. The summed E-state index contributed by atoms with van der Waals surface area (Å²) in [7, 11) is 0. The molecule has 0 aromatic heterocycles. The fourth-order valence-electron chi connectivity index (χ4n) is 1.04. The Morgan fingerprint density at radius 1 is 1.50 bits per heavy atom. The second-order valence-corrected chi connectivity index (χ2v) is 5.69. The van der Waals surface area contributed by atoms with E-state index in [1.807, 2.05) is 13.8 Å². The Labute approximate surface area is 88.2 Å². The summed E-state index contributed by atoms with van der Waals surface area (Å²) in [6.07, 6.45) is 0.442. The molecule has 0 fully saturated rings. The van der Waals surface area contributed by atoms with Crippen LogP contribution in [0, 0.1) is 0 Å². The van der Waals surface area contributed by atoms with Gasteiger partial charge in [0.15, 0.2) is 0 Å². The van der Waals surface area contributed by atoms with Gasteiger partial charge in [-0.05, 0) is 6.92 Å². The summed E-state index contributed by atoms with van der Waals surface area (Å²) >= 11 is 1.44. The van der Waals surface area contributed by atoms with Crippen molar-refractivity contribution in [1.82, 2.24) is 0 Å². The monoisotopic (exact) mass is 219 g/mol. The van der Waals surface area contributed by atoms with Crippen molar-refractivity contribution in [1.29, 1.82) is 0 Å².